The van der Waals surface area contributed by atoms with Gasteiger partial charge in [-0.1, -0.05) is 75.0 Å². The van der Waals surface area contributed by atoms with Gasteiger partial charge in [0.15, 0.2) is 0 Å². The van der Waals surface area contributed by atoms with Crippen molar-refractivity contribution in [2.24, 2.45) is 11.8 Å². The van der Waals surface area contributed by atoms with Crippen LogP contribution >= 0.6 is 0 Å². The molecule has 0 amide bonds. The van der Waals surface area contributed by atoms with Crippen LogP contribution in [0, 0.1) is 37.3 Å². The zero-order chi connectivity index (χ0) is 36.8. The molecule has 2 saturated carbocycles. The van der Waals surface area contributed by atoms with Crippen molar-refractivity contribution in [1.29, 1.82) is 0 Å². The maximum Gasteiger partial charge on any atom is 4.00 e. The molecule has 1 atom stereocenters. The van der Waals surface area contributed by atoms with Gasteiger partial charge < -0.3 is 24.2 Å². The summed E-state index contributed by atoms with van der Waals surface area (Å²) in [6.07, 6.45) is 14.6. The Morgan fingerprint density at radius 1 is 0.607 bits per heavy atom. The normalized spacial score (nSPS) is 25.5. The molecule has 5 aromatic carbocycles. The van der Waals surface area contributed by atoms with Crippen molar-refractivity contribution in [3.05, 3.63) is 152 Å². The third-order valence-electron chi connectivity index (χ3n) is 13.8. The molecule has 2 aliphatic carbocycles. The van der Waals surface area contributed by atoms with Gasteiger partial charge in [-0.2, -0.15) is 43.7 Å². The summed E-state index contributed by atoms with van der Waals surface area (Å²) in [5.41, 5.74) is 11.5. The molecule has 6 heteroatoms. The van der Waals surface area contributed by atoms with Gasteiger partial charge in [-0.05, 0) is 99.4 Å². The zero-order valence-electron chi connectivity index (χ0n) is 32.6. The van der Waals surface area contributed by atoms with E-state index in [1.54, 1.807) is 0 Å². The van der Waals surface area contributed by atoms with E-state index in [-0.39, 0.29) is 21.1 Å². The van der Waals surface area contributed by atoms with Crippen molar-refractivity contribution in [3.8, 4) is 5.69 Å². The molecule has 0 spiro atoms. The third kappa shape index (κ3) is 5.51. The van der Waals surface area contributed by atoms with Crippen LogP contribution in [-0.2, 0) is 26.5 Å². The Hall–Kier alpha value is -4.47. The molecule has 5 aliphatic rings. The fourth-order valence-electron chi connectivity index (χ4n) is 10.6. The van der Waals surface area contributed by atoms with Crippen molar-refractivity contribution >= 4 is 44.6 Å². The van der Waals surface area contributed by atoms with Crippen LogP contribution in [0.5, 0.6) is 0 Å². The zero-order valence-corrected chi connectivity index (χ0v) is 34.8. The molecule has 2 fully saturated rings. The molecule has 56 heavy (non-hydrogen) atoms. The van der Waals surface area contributed by atoms with Crippen LogP contribution in [0.3, 0.4) is 0 Å². The van der Waals surface area contributed by atoms with E-state index in [2.05, 4.69) is 180 Å². The average Bonchev–Trinajstić information content (AvgIpc) is 3.96. The van der Waals surface area contributed by atoms with E-state index in [1.165, 1.54) is 101 Å². The summed E-state index contributed by atoms with van der Waals surface area (Å²) in [5.74, 6) is 1.65. The van der Waals surface area contributed by atoms with E-state index >= 15 is 0 Å². The number of benzene rings is 5. The quantitative estimate of drug-likeness (QED) is 0.160. The summed E-state index contributed by atoms with van der Waals surface area (Å²) in [6.45, 7) is 11.9. The number of rotatable bonds is 5. The molecule has 1 unspecified atom stereocenters. The van der Waals surface area contributed by atoms with Gasteiger partial charge in [0.1, 0.15) is 0 Å². The van der Waals surface area contributed by atoms with Crippen molar-refractivity contribution in [3.63, 3.8) is 0 Å². The minimum Gasteiger partial charge on any atom is -0.505 e. The summed E-state index contributed by atoms with van der Waals surface area (Å²) in [5, 5.41) is 2.57. The topological polar surface area (TPSA) is 17.9 Å². The number of para-hydroxylation sites is 4. The van der Waals surface area contributed by atoms with Gasteiger partial charge in [-0.3, -0.25) is 0 Å². The molecular weight excluding hydrogens is 866 g/mol. The number of hydrogen-bond donors (Lipinski definition) is 0. The van der Waals surface area contributed by atoms with E-state index in [9.17, 15) is 0 Å². The van der Waals surface area contributed by atoms with E-state index in [0.717, 1.165) is 28.8 Å². The molecular formula is C50H49N5Pt. The first-order valence-corrected chi connectivity index (χ1v) is 20.7. The second-order valence-electron chi connectivity index (χ2n) is 17.2. The Morgan fingerprint density at radius 3 is 2.11 bits per heavy atom. The molecule has 1 aromatic heterocycles. The van der Waals surface area contributed by atoms with E-state index < -0.39 is 5.41 Å². The Balaban J connectivity index is 0.00000384. The number of hydrogen-bond acceptors (Lipinski definition) is 4. The number of fused-ring (bicyclic) bond motifs is 6. The standard InChI is InChI=1S/C50H49N5.Pt/c1-34-18-22-37(23-19-34)51-28-29-52(32-51)39-26-27-46-44(31-39)50(3,43-14-9-13-42-41-12-4-5-15-45(41)55(46)49(42)43)36-10-8-11-40(30-36)54-33-53(38-24-20-35(2)21-25-38)47-16-6-7-17-48(47)54;/h4-17,26-29,32-35,37-38H,18-25H2,1-3H3;/q-4;+4. The summed E-state index contributed by atoms with van der Waals surface area (Å²) >= 11 is 0. The van der Waals surface area contributed by atoms with Crippen molar-refractivity contribution in [2.45, 2.75) is 89.6 Å². The smallest absolute Gasteiger partial charge is 0.505 e. The Kier molecular flexibility index (Phi) is 8.89. The molecule has 4 heterocycles. The second kappa shape index (κ2) is 13.9. The van der Waals surface area contributed by atoms with Crippen LogP contribution in [0.15, 0.2) is 109 Å². The fraction of sp³-hybridized carbons (Fsp3) is 0.320. The monoisotopic (exact) mass is 914 g/mol. The van der Waals surface area contributed by atoms with Gasteiger partial charge in [-0.25, -0.2) is 0 Å². The van der Waals surface area contributed by atoms with Crippen LogP contribution in [0.4, 0.5) is 22.7 Å². The predicted molar refractivity (Wildman–Crippen MR) is 226 cm³/mol. The summed E-state index contributed by atoms with van der Waals surface area (Å²) < 4.78 is 2.49. The predicted octanol–water partition coefficient (Wildman–Crippen LogP) is 12.0. The first-order valence-electron chi connectivity index (χ1n) is 20.7. The van der Waals surface area contributed by atoms with Crippen LogP contribution in [-0.4, -0.2) is 21.6 Å². The average molecular weight is 915 g/mol. The molecule has 0 N–H and O–H groups in total. The minimum absolute atomic E-state index is 0. The Bertz CT molecular complexity index is 2470. The summed E-state index contributed by atoms with van der Waals surface area (Å²) in [4.78, 5) is 9.65. The van der Waals surface area contributed by atoms with Crippen LogP contribution in [0.25, 0.3) is 27.5 Å². The number of aromatic nitrogens is 1. The van der Waals surface area contributed by atoms with E-state index in [4.69, 9.17) is 0 Å². The maximum absolute atomic E-state index is 4.07. The first-order chi connectivity index (χ1) is 27.0. The number of anilines is 4. The van der Waals surface area contributed by atoms with Crippen molar-refractivity contribution in [2.75, 3.05) is 14.7 Å². The first kappa shape index (κ1) is 35.9. The van der Waals surface area contributed by atoms with Crippen molar-refractivity contribution in [1.82, 2.24) is 9.47 Å². The van der Waals surface area contributed by atoms with Crippen LogP contribution < -0.4 is 14.7 Å². The van der Waals surface area contributed by atoms with Gasteiger partial charge in [0.2, 0.25) is 0 Å². The fourth-order valence-corrected chi connectivity index (χ4v) is 10.6. The van der Waals surface area contributed by atoms with Crippen LogP contribution in [0.2, 0.25) is 0 Å². The summed E-state index contributed by atoms with van der Waals surface area (Å²) in [6, 6.07) is 45.3. The molecule has 6 aromatic rings. The molecule has 284 valence electrons. The third-order valence-corrected chi connectivity index (χ3v) is 13.8. The van der Waals surface area contributed by atoms with Crippen LogP contribution in [0.1, 0.15) is 88.8 Å². The summed E-state index contributed by atoms with van der Waals surface area (Å²) in [7, 11) is 0. The van der Waals surface area contributed by atoms with Gasteiger partial charge in [-0.15, -0.1) is 34.6 Å². The van der Waals surface area contributed by atoms with E-state index in [0.29, 0.717) is 12.1 Å². The molecule has 0 bridgehead atoms. The van der Waals surface area contributed by atoms with Crippen molar-refractivity contribution < 1.29 is 21.1 Å². The van der Waals surface area contributed by atoms with Gasteiger partial charge in [0, 0.05) is 50.7 Å². The SMILES string of the molecule is CC1CCC(N2C=CN(c3[c-]c4c(cc3)-n3c5ccccc5c5cccc(c53)C4(C)c3[c-]c(N4[CH-]N(C5CCC(C)CC5)c5ccccc54)ccc3)[CH-]2)CC1.[Pt+4]. The van der Waals surface area contributed by atoms with Gasteiger partial charge >= 0.3 is 21.1 Å². The van der Waals surface area contributed by atoms with E-state index in [1.807, 2.05) is 0 Å². The number of nitrogens with zero attached hydrogens (tertiary/aromatic N) is 5. The molecule has 5 nitrogen and oxygen atoms in total. The second-order valence-corrected chi connectivity index (χ2v) is 17.2. The maximum atomic E-state index is 4.07. The largest absolute Gasteiger partial charge is 4.00 e. The molecule has 0 saturated heterocycles. The Morgan fingerprint density at radius 2 is 1.30 bits per heavy atom. The molecule has 11 rings (SSSR count). The van der Waals surface area contributed by atoms with Gasteiger partial charge in [0.05, 0.1) is 0 Å². The molecule has 0 radical (unpaired) electrons. The van der Waals surface area contributed by atoms with Gasteiger partial charge in [0.25, 0.3) is 0 Å². The minimum atomic E-state index is -0.522. The molecule has 3 aliphatic heterocycles. The Labute approximate surface area is 346 Å².